The lowest BCUT2D eigenvalue weighted by atomic mass is 10.1. The van der Waals surface area contributed by atoms with Gasteiger partial charge in [-0.05, 0) is 37.4 Å². The van der Waals surface area contributed by atoms with E-state index in [9.17, 15) is 9.59 Å². The van der Waals surface area contributed by atoms with E-state index in [0.29, 0.717) is 17.0 Å². The van der Waals surface area contributed by atoms with E-state index in [1.165, 1.54) is 11.8 Å². The molecule has 1 N–H and O–H groups in total. The number of aryl methyl sites for hydroxylation is 2. The number of carbonyl (C=O) groups is 2. The van der Waals surface area contributed by atoms with Gasteiger partial charge in [-0.15, -0.1) is 11.8 Å². The zero-order valence-corrected chi connectivity index (χ0v) is 18.6. The van der Waals surface area contributed by atoms with Crippen molar-refractivity contribution in [3.05, 3.63) is 89.3 Å². The van der Waals surface area contributed by atoms with Crippen LogP contribution in [-0.4, -0.2) is 23.6 Å². The molecule has 0 aliphatic heterocycles. The first-order valence-corrected chi connectivity index (χ1v) is 11.1. The van der Waals surface area contributed by atoms with Crippen LogP contribution in [0.2, 0.25) is 0 Å². The molecule has 0 unspecified atom stereocenters. The number of hydrogen-bond acceptors (Lipinski definition) is 6. The standard InChI is InChI=1S/C25H22N2O4S/c1-16-21(17(2)31-27-16)15-32-23-13-6-5-11-20(23)25(29)30-14-24(28)26-22-12-7-9-18-8-3-4-10-19(18)22/h3-13H,14-15H2,1-2H3,(H,26,28). The fraction of sp³-hybridized carbons (Fsp3) is 0.160. The number of nitrogens with one attached hydrogen (secondary N) is 1. The predicted molar refractivity (Wildman–Crippen MR) is 125 cm³/mol. The highest BCUT2D eigenvalue weighted by Crippen LogP contribution is 2.29. The maximum absolute atomic E-state index is 12.7. The maximum atomic E-state index is 12.7. The normalized spacial score (nSPS) is 10.8. The highest BCUT2D eigenvalue weighted by molar-refractivity contribution is 7.98. The van der Waals surface area contributed by atoms with Crippen LogP contribution < -0.4 is 5.32 Å². The molecule has 6 nitrogen and oxygen atoms in total. The molecule has 7 heteroatoms. The lowest BCUT2D eigenvalue weighted by Gasteiger charge is -2.11. The van der Waals surface area contributed by atoms with Crippen molar-refractivity contribution in [2.45, 2.75) is 24.5 Å². The van der Waals surface area contributed by atoms with E-state index in [-0.39, 0.29) is 6.61 Å². The van der Waals surface area contributed by atoms with E-state index < -0.39 is 11.9 Å². The summed E-state index contributed by atoms with van der Waals surface area (Å²) < 4.78 is 10.5. The SMILES string of the molecule is Cc1noc(C)c1CSc1ccccc1C(=O)OCC(=O)Nc1cccc2ccccc12. The van der Waals surface area contributed by atoms with Crippen LogP contribution in [0.4, 0.5) is 5.69 Å². The van der Waals surface area contributed by atoms with Gasteiger partial charge in [-0.1, -0.05) is 53.7 Å². The van der Waals surface area contributed by atoms with Crippen molar-refractivity contribution in [1.82, 2.24) is 5.16 Å². The van der Waals surface area contributed by atoms with Crippen molar-refractivity contribution >= 4 is 40.1 Å². The number of esters is 1. The van der Waals surface area contributed by atoms with E-state index in [4.69, 9.17) is 9.26 Å². The highest BCUT2D eigenvalue weighted by Gasteiger charge is 2.17. The Bertz CT molecular complexity index is 1260. The lowest BCUT2D eigenvalue weighted by molar-refractivity contribution is -0.119. The smallest absolute Gasteiger partial charge is 0.339 e. The van der Waals surface area contributed by atoms with Gasteiger partial charge in [0.15, 0.2) is 6.61 Å². The van der Waals surface area contributed by atoms with Crippen LogP contribution in [0.15, 0.2) is 76.1 Å². The summed E-state index contributed by atoms with van der Waals surface area (Å²) in [6.07, 6.45) is 0. The molecular weight excluding hydrogens is 424 g/mol. The van der Waals surface area contributed by atoms with E-state index >= 15 is 0 Å². The van der Waals surface area contributed by atoms with Crippen LogP contribution >= 0.6 is 11.8 Å². The number of carbonyl (C=O) groups excluding carboxylic acids is 2. The Morgan fingerprint density at radius 1 is 1.00 bits per heavy atom. The van der Waals surface area contributed by atoms with Crippen LogP contribution in [0, 0.1) is 13.8 Å². The summed E-state index contributed by atoms with van der Waals surface area (Å²) in [4.78, 5) is 25.9. The van der Waals surface area contributed by atoms with Gasteiger partial charge in [-0.25, -0.2) is 4.79 Å². The third-order valence-electron chi connectivity index (χ3n) is 5.06. The molecule has 3 aromatic carbocycles. The number of thioether (sulfide) groups is 1. The van der Waals surface area contributed by atoms with Gasteiger partial charge < -0.3 is 14.6 Å². The third kappa shape index (κ3) is 4.84. The summed E-state index contributed by atoms with van der Waals surface area (Å²) in [5.41, 5.74) is 2.94. The predicted octanol–water partition coefficient (Wildman–Crippen LogP) is 5.53. The number of ether oxygens (including phenoxy) is 1. The molecule has 4 aromatic rings. The second-order valence-electron chi connectivity index (χ2n) is 7.24. The second kappa shape index (κ2) is 9.70. The van der Waals surface area contributed by atoms with E-state index in [0.717, 1.165) is 32.7 Å². The first-order chi connectivity index (χ1) is 15.5. The number of nitrogens with zero attached hydrogens (tertiary/aromatic N) is 1. The molecule has 1 aromatic heterocycles. The first kappa shape index (κ1) is 21.6. The van der Waals surface area contributed by atoms with Gasteiger partial charge in [0, 0.05) is 27.3 Å². The molecule has 0 aliphatic carbocycles. The quantitative estimate of drug-likeness (QED) is 0.297. The molecule has 0 aliphatic rings. The van der Waals surface area contributed by atoms with Crippen molar-refractivity contribution in [3.63, 3.8) is 0 Å². The molecule has 0 saturated heterocycles. The number of amides is 1. The molecule has 162 valence electrons. The maximum Gasteiger partial charge on any atom is 0.339 e. The van der Waals surface area contributed by atoms with Crippen molar-refractivity contribution in [2.75, 3.05) is 11.9 Å². The van der Waals surface area contributed by atoms with Crippen LogP contribution in [0.5, 0.6) is 0 Å². The van der Waals surface area contributed by atoms with Crippen LogP contribution in [0.1, 0.15) is 27.4 Å². The Labute approximate surface area is 189 Å². The average Bonchev–Trinajstić information content (AvgIpc) is 3.13. The van der Waals surface area contributed by atoms with Crippen molar-refractivity contribution in [1.29, 1.82) is 0 Å². The Kier molecular flexibility index (Phi) is 6.56. The molecule has 1 amide bonds. The Hall–Kier alpha value is -3.58. The summed E-state index contributed by atoms with van der Waals surface area (Å²) in [6.45, 7) is 3.39. The van der Waals surface area contributed by atoms with E-state index in [1.54, 1.807) is 12.1 Å². The molecule has 0 atom stereocenters. The highest BCUT2D eigenvalue weighted by atomic mass is 32.2. The van der Waals surface area contributed by atoms with Gasteiger partial charge in [0.05, 0.1) is 11.3 Å². The van der Waals surface area contributed by atoms with Crippen LogP contribution in [0.3, 0.4) is 0 Å². The molecule has 4 rings (SSSR count). The molecule has 0 fully saturated rings. The lowest BCUT2D eigenvalue weighted by Crippen LogP contribution is -2.21. The first-order valence-electron chi connectivity index (χ1n) is 10.1. The Morgan fingerprint density at radius 3 is 2.56 bits per heavy atom. The van der Waals surface area contributed by atoms with Crippen LogP contribution in [-0.2, 0) is 15.3 Å². The fourth-order valence-corrected chi connectivity index (χ4v) is 4.54. The summed E-state index contributed by atoms with van der Waals surface area (Å²) in [6, 6.07) is 20.6. The number of hydrogen-bond donors (Lipinski definition) is 1. The zero-order valence-electron chi connectivity index (χ0n) is 17.8. The van der Waals surface area contributed by atoms with Gasteiger partial charge in [-0.3, -0.25) is 4.79 Å². The van der Waals surface area contributed by atoms with E-state index in [2.05, 4.69) is 10.5 Å². The van der Waals surface area contributed by atoms with Crippen molar-refractivity contribution in [3.8, 4) is 0 Å². The number of benzene rings is 3. The molecular formula is C25H22N2O4S. The molecule has 1 heterocycles. The van der Waals surface area contributed by atoms with Gasteiger partial charge in [0.1, 0.15) is 5.76 Å². The molecule has 0 radical (unpaired) electrons. The monoisotopic (exact) mass is 446 g/mol. The largest absolute Gasteiger partial charge is 0.452 e. The van der Waals surface area contributed by atoms with Gasteiger partial charge >= 0.3 is 5.97 Å². The molecule has 0 bridgehead atoms. The van der Waals surface area contributed by atoms with Crippen molar-refractivity contribution in [2.24, 2.45) is 0 Å². The van der Waals surface area contributed by atoms with Crippen molar-refractivity contribution < 1.29 is 18.8 Å². The Balaban J connectivity index is 1.39. The Morgan fingerprint density at radius 2 is 1.75 bits per heavy atom. The minimum Gasteiger partial charge on any atom is -0.452 e. The number of rotatable bonds is 7. The topological polar surface area (TPSA) is 81.4 Å². The third-order valence-corrected chi connectivity index (χ3v) is 6.16. The minimum absolute atomic E-state index is 0.370. The average molecular weight is 447 g/mol. The van der Waals surface area contributed by atoms with E-state index in [1.807, 2.05) is 68.4 Å². The van der Waals surface area contributed by atoms with Gasteiger partial charge in [0.2, 0.25) is 0 Å². The summed E-state index contributed by atoms with van der Waals surface area (Å²) in [5, 5.41) is 8.73. The number of aromatic nitrogens is 1. The molecule has 32 heavy (non-hydrogen) atoms. The van der Waals surface area contributed by atoms with Gasteiger partial charge in [-0.2, -0.15) is 0 Å². The minimum atomic E-state index is -0.542. The zero-order chi connectivity index (χ0) is 22.5. The van der Waals surface area contributed by atoms with Crippen LogP contribution in [0.25, 0.3) is 10.8 Å². The fourth-order valence-electron chi connectivity index (χ4n) is 3.35. The second-order valence-corrected chi connectivity index (χ2v) is 8.26. The number of fused-ring (bicyclic) bond motifs is 1. The molecule has 0 spiro atoms. The number of anilines is 1. The summed E-state index contributed by atoms with van der Waals surface area (Å²) in [7, 11) is 0. The van der Waals surface area contributed by atoms with Gasteiger partial charge in [0.25, 0.3) is 5.91 Å². The summed E-state index contributed by atoms with van der Waals surface area (Å²) >= 11 is 1.50. The molecule has 0 saturated carbocycles. The summed E-state index contributed by atoms with van der Waals surface area (Å²) in [5.74, 6) is 0.447.